The second-order valence-corrected chi connectivity index (χ2v) is 6.51. The molecule has 0 bridgehead atoms. The van der Waals surface area contributed by atoms with E-state index in [1.54, 1.807) is 7.11 Å². The third-order valence-electron chi connectivity index (χ3n) is 4.55. The molecule has 0 aromatic heterocycles. The van der Waals surface area contributed by atoms with E-state index >= 15 is 0 Å². The van der Waals surface area contributed by atoms with E-state index in [4.69, 9.17) is 14.2 Å². The molecule has 0 N–H and O–H groups in total. The second-order valence-electron chi connectivity index (χ2n) is 6.51. The summed E-state index contributed by atoms with van der Waals surface area (Å²) in [4.78, 5) is 2.37. The number of likely N-dealkylation sites (N-methyl/N-ethyl adjacent to an activating group) is 1. The van der Waals surface area contributed by atoms with Crippen LogP contribution in [0.25, 0.3) is 6.08 Å². The summed E-state index contributed by atoms with van der Waals surface area (Å²) in [6.45, 7) is 3.67. The Morgan fingerprint density at radius 1 is 1.35 bits per heavy atom. The van der Waals surface area contributed by atoms with Crippen molar-refractivity contribution in [3.05, 3.63) is 29.3 Å². The highest BCUT2D eigenvalue weighted by molar-refractivity contribution is 5.64. The number of benzene rings is 1. The van der Waals surface area contributed by atoms with Gasteiger partial charge in [0.1, 0.15) is 18.1 Å². The first-order chi connectivity index (χ1) is 11.2. The average Bonchev–Trinajstić information content (AvgIpc) is 3.07. The molecule has 2 aliphatic rings. The Labute approximate surface area is 139 Å². The van der Waals surface area contributed by atoms with Crippen molar-refractivity contribution < 1.29 is 14.2 Å². The van der Waals surface area contributed by atoms with Crippen LogP contribution in [0.4, 0.5) is 0 Å². The van der Waals surface area contributed by atoms with Gasteiger partial charge in [0.05, 0.1) is 13.2 Å². The molecule has 126 valence electrons. The Hall–Kier alpha value is -1.52. The number of ether oxygens (including phenoxy) is 3. The van der Waals surface area contributed by atoms with Crippen LogP contribution in [-0.2, 0) is 4.74 Å². The fourth-order valence-electron chi connectivity index (χ4n) is 3.31. The lowest BCUT2D eigenvalue weighted by Crippen LogP contribution is -2.26. The summed E-state index contributed by atoms with van der Waals surface area (Å²) in [5.41, 5.74) is 2.42. The van der Waals surface area contributed by atoms with E-state index in [0.717, 1.165) is 36.8 Å². The van der Waals surface area contributed by atoms with Gasteiger partial charge in [0, 0.05) is 18.7 Å². The third-order valence-corrected chi connectivity index (χ3v) is 4.55. The third kappa shape index (κ3) is 4.49. The minimum absolute atomic E-state index is 0.500. The summed E-state index contributed by atoms with van der Waals surface area (Å²) in [7, 11) is 3.87. The molecule has 0 aliphatic carbocycles. The molecule has 4 nitrogen and oxygen atoms in total. The molecule has 1 atom stereocenters. The molecular formula is C19H27NO3. The zero-order valence-electron chi connectivity index (χ0n) is 14.2. The highest BCUT2D eigenvalue weighted by Crippen LogP contribution is 2.30. The van der Waals surface area contributed by atoms with E-state index in [0.29, 0.717) is 12.7 Å². The topological polar surface area (TPSA) is 30.9 Å². The van der Waals surface area contributed by atoms with Crippen molar-refractivity contribution in [1.29, 1.82) is 0 Å². The molecule has 2 aliphatic heterocycles. The van der Waals surface area contributed by atoms with Gasteiger partial charge in [-0.05, 0) is 69.1 Å². The van der Waals surface area contributed by atoms with Crippen LogP contribution in [0, 0.1) is 0 Å². The summed E-state index contributed by atoms with van der Waals surface area (Å²) in [5, 5.41) is 0. The fraction of sp³-hybridized carbons (Fsp3) is 0.579. The lowest BCUT2D eigenvalue weighted by molar-refractivity contribution is 0.0999. The first-order valence-electron chi connectivity index (χ1n) is 8.55. The molecule has 1 aromatic rings. The molecule has 0 amide bonds. The number of nitrogens with zero attached hydrogens (tertiary/aromatic N) is 1. The molecule has 1 fully saturated rings. The quantitative estimate of drug-likeness (QED) is 0.771. The maximum absolute atomic E-state index is 5.85. The van der Waals surface area contributed by atoms with Crippen molar-refractivity contribution >= 4 is 6.08 Å². The van der Waals surface area contributed by atoms with Crippen LogP contribution < -0.4 is 9.47 Å². The molecule has 0 spiro atoms. The van der Waals surface area contributed by atoms with Gasteiger partial charge in [-0.15, -0.1) is 0 Å². The molecule has 23 heavy (non-hydrogen) atoms. The number of rotatable bonds is 7. The van der Waals surface area contributed by atoms with E-state index in [9.17, 15) is 0 Å². The van der Waals surface area contributed by atoms with Crippen LogP contribution in [0.5, 0.6) is 11.5 Å². The van der Waals surface area contributed by atoms with Gasteiger partial charge in [0.2, 0.25) is 0 Å². The molecule has 4 heteroatoms. The van der Waals surface area contributed by atoms with Gasteiger partial charge in [0.25, 0.3) is 0 Å². The Bertz CT molecular complexity index is 550. The van der Waals surface area contributed by atoms with Crippen molar-refractivity contribution in [3.63, 3.8) is 0 Å². The lowest BCUT2D eigenvalue weighted by atomic mass is 10.1. The first kappa shape index (κ1) is 16.3. The van der Waals surface area contributed by atoms with E-state index in [1.165, 1.54) is 31.3 Å². The molecule has 1 saturated heterocycles. The molecule has 3 rings (SSSR count). The standard InChI is InChI=1S/C19H27NO3/c1-20(9-3-5-17-6-4-10-22-17)13-15-11-16-12-18(21-2)7-8-19(16)23-14-15/h7-8,11-12,17H,3-6,9-10,13-14H2,1-2H3. The summed E-state index contributed by atoms with van der Waals surface area (Å²) in [6.07, 6.45) is 7.58. The van der Waals surface area contributed by atoms with Crippen molar-refractivity contribution in [2.75, 3.05) is 40.5 Å². The lowest BCUT2D eigenvalue weighted by Gasteiger charge is -2.23. The smallest absolute Gasteiger partial charge is 0.127 e. The number of fused-ring (bicyclic) bond motifs is 1. The van der Waals surface area contributed by atoms with Crippen molar-refractivity contribution in [1.82, 2.24) is 4.90 Å². The van der Waals surface area contributed by atoms with E-state index in [-0.39, 0.29) is 0 Å². The largest absolute Gasteiger partial charge is 0.497 e. The zero-order valence-corrected chi connectivity index (χ0v) is 14.2. The summed E-state index contributed by atoms with van der Waals surface area (Å²) in [5.74, 6) is 1.81. The Kier molecular flexibility index (Phi) is 5.57. The summed E-state index contributed by atoms with van der Waals surface area (Å²) >= 11 is 0. The van der Waals surface area contributed by atoms with E-state index in [1.807, 2.05) is 18.2 Å². The number of hydrogen-bond donors (Lipinski definition) is 0. The first-order valence-corrected chi connectivity index (χ1v) is 8.55. The maximum atomic E-state index is 5.85. The molecule has 0 radical (unpaired) electrons. The Balaban J connectivity index is 1.49. The van der Waals surface area contributed by atoms with Gasteiger partial charge < -0.3 is 19.1 Å². The molecule has 1 unspecified atom stereocenters. The van der Waals surface area contributed by atoms with Gasteiger partial charge in [-0.25, -0.2) is 0 Å². The van der Waals surface area contributed by atoms with Crippen molar-refractivity contribution in [2.45, 2.75) is 31.8 Å². The fourth-order valence-corrected chi connectivity index (χ4v) is 3.31. The van der Waals surface area contributed by atoms with E-state index in [2.05, 4.69) is 18.0 Å². The normalized spacial score (nSPS) is 20.1. The molecule has 2 heterocycles. The summed E-state index contributed by atoms with van der Waals surface area (Å²) < 4.78 is 16.8. The van der Waals surface area contributed by atoms with Gasteiger partial charge in [-0.2, -0.15) is 0 Å². The average molecular weight is 317 g/mol. The Morgan fingerprint density at radius 3 is 3.04 bits per heavy atom. The second kappa shape index (κ2) is 7.84. The molecule has 1 aromatic carbocycles. The van der Waals surface area contributed by atoms with Crippen LogP contribution in [0.1, 0.15) is 31.2 Å². The van der Waals surface area contributed by atoms with Crippen molar-refractivity contribution in [3.8, 4) is 11.5 Å². The van der Waals surface area contributed by atoms with Gasteiger partial charge in [-0.3, -0.25) is 0 Å². The highest BCUT2D eigenvalue weighted by Gasteiger charge is 2.16. The van der Waals surface area contributed by atoms with Crippen LogP contribution in [0.2, 0.25) is 0 Å². The van der Waals surface area contributed by atoms with Gasteiger partial charge >= 0.3 is 0 Å². The number of hydrogen-bond acceptors (Lipinski definition) is 4. The molecular weight excluding hydrogens is 290 g/mol. The number of methoxy groups -OCH3 is 1. The monoisotopic (exact) mass is 317 g/mol. The Morgan fingerprint density at radius 2 is 2.26 bits per heavy atom. The molecule has 0 saturated carbocycles. The van der Waals surface area contributed by atoms with Crippen LogP contribution in [0.15, 0.2) is 23.8 Å². The summed E-state index contributed by atoms with van der Waals surface area (Å²) in [6, 6.07) is 5.95. The van der Waals surface area contributed by atoms with Crippen LogP contribution in [-0.4, -0.2) is 51.5 Å². The predicted molar refractivity (Wildman–Crippen MR) is 92.2 cm³/mol. The predicted octanol–water partition coefficient (Wildman–Crippen LogP) is 3.36. The van der Waals surface area contributed by atoms with E-state index < -0.39 is 0 Å². The van der Waals surface area contributed by atoms with Crippen molar-refractivity contribution in [2.24, 2.45) is 0 Å². The van der Waals surface area contributed by atoms with Crippen LogP contribution in [0.3, 0.4) is 0 Å². The van der Waals surface area contributed by atoms with Gasteiger partial charge in [-0.1, -0.05) is 0 Å². The SMILES string of the molecule is COc1ccc2c(c1)C=C(CN(C)CCCC1CCCO1)CO2. The van der Waals surface area contributed by atoms with Gasteiger partial charge in [0.15, 0.2) is 0 Å². The zero-order chi connectivity index (χ0) is 16.1. The minimum atomic E-state index is 0.500. The highest BCUT2D eigenvalue weighted by atomic mass is 16.5. The maximum Gasteiger partial charge on any atom is 0.127 e. The minimum Gasteiger partial charge on any atom is -0.497 e. The van der Waals surface area contributed by atoms with Crippen LogP contribution >= 0.6 is 0 Å².